The fraction of sp³-hybridized carbons (Fsp3) is 0.533. The quantitative estimate of drug-likeness (QED) is 0.920. The van der Waals surface area contributed by atoms with E-state index in [0.29, 0.717) is 6.54 Å². The average molecular weight is 305 g/mol. The highest BCUT2D eigenvalue weighted by molar-refractivity contribution is 7.09. The van der Waals surface area contributed by atoms with Crippen molar-refractivity contribution in [3.05, 3.63) is 34.2 Å². The third kappa shape index (κ3) is 5.06. The number of nitrogens with zero attached hydrogens (tertiary/aromatic N) is 4. The number of aromatic nitrogens is 3. The zero-order chi connectivity index (χ0) is 15.5. The summed E-state index contributed by atoms with van der Waals surface area (Å²) in [7, 11) is 2.01. The van der Waals surface area contributed by atoms with Crippen LogP contribution in [-0.2, 0) is 13.1 Å². The molecule has 21 heavy (non-hydrogen) atoms. The number of aryl methyl sites for hydroxylation is 1. The van der Waals surface area contributed by atoms with Crippen LogP contribution < -0.4 is 10.2 Å². The van der Waals surface area contributed by atoms with Gasteiger partial charge in [-0.15, -0.1) is 11.3 Å². The van der Waals surface area contributed by atoms with Gasteiger partial charge in [0.1, 0.15) is 5.82 Å². The highest BCUT2D eigenvalue weighted by Crippen LogP contribution is 2.14. The molecular weight excluding hydrogens is 282 g/mol. The lowest BCUT2D eigenvalue weighted by Gasteiger charge is -2.21. The van der Waals surface area contributed by atoms with Gasteiger partial charge in [-0.25, -0.2) is 9.97 Å². The van der Waals surface area contributed by atoms with Crippen molar-refractivity contribution in [1.29, 1.82) is 0 Å². The molecule has 2 aromatic heterocycles. The summed E-state index contributed by atoms with van der Waals surface area (Å²) in [6.45, 7) is 9.90. The first-order valence-electron chi connectivity index (χ1n) is 7.01. The standard InChI is InChI=1S/C15H23N5S/c1-11-18-13(10-21-11)9-20(5)14-8-16-6-12(19-14)7-17-15(2,3)4/h6,8,10,17H,7,9H2,1-5H3. The van der Waals surface area contributed by atoms with Crippen LogP contribution in [0.4, 0.5) is 5.82 Å². The van der Waals surface area contributed by atoms with E-state index < -0.39 is 0 Å². The van der Waals surface area contributed by atoms with E-state index in [9.17, 15) is 0 Å². The maximum Gasteiger partial charge on any atom is 0.147 e. The Hall–Kier alpha value is -1.53. The Kier molecular flexibility index (Phi) is 4.90. The summed E-state index contributed by atoms with van der Waals surface area (Å²) in [6.07, 6.45) is 3.60. The van der Waals surface area contributed by atoms with Gasteiger partial charge in [0.2, 0.25) is 0 Å². The number of rotatable bonds is 5. The van der Waals surface area contributed by atoms with E-state index in [4.69, 9.17) is 0 Å². The second-order valence-electron chi connectivity index (χ2n) is 6.19. The lowest BCUT2D eigenvalue weighted by molar-refractivity contribution is 0.421. The summed E-state index contributed by atoms with van der Waals surface area (Å²) in [5.74, 6) is 0.869. The molecule has 0 aliphatic rings. The Balaban J connectivity index is 2.02. The third-order valence-electron chi connectivity index (χ3n) is 2.93. The second kappa shape index (κ2) is 6.49. The molecule has 0 bridgehead atoms. The monoisotopic (exact) mass is 305 g/mol. The van der Waals surface area contributed by atoms with E-state index in [1.54, 1.807) is 17.5 Å². The van der Waals surface area contributed by atoms with Crippen molar-refractivity contribution >= 4 is 17.2 Å². The van der Waals surface area contributed by atoms with Crippen LogP contribution >= 0.6 is 11.3 Å². The molecule has 5 nitrogen and oxygen atoms in total. The van der Waals surface area contributed by atoms with Gasteiger partial charge in [-0.2, -0.15) is 0 Å². The van der Waals surface area contributed by atoms with Gasteiger partial charge in [-0.05, 0) is 27.7 Å². The van der Waals surface area contributed by atoms with Crippen molar-refractivity contribution in [2.75, 3.05) is 11.9 Å². The molecule has 0 unspecified atom stereocenters. The van der Waals surface area contributed by atoms with Crippen LogP contribution in [0.3, 0.4) is 0 Å². The van der Waals surface area contributed by atoms with Crippen molar-refractivity contribution < 1.29 is 0 Å². The molecule has 6 heteroatoms. The lowest BCUT2D eigenvalue weighted by atomic mass is 10.1. The van der Waals surface area contributed by atoms with Gasteiger partial charge in [-0.3, -0.25) is 4.98 Å². The van der Waals surface area contributed by atoms with E-state index in [2.05, 4.69) is 51.3 Å². The molecule has 0 fully saturated rings. The molecule has 0 aliphatic heterocycles. The van der Waals surface area contributed by atoms with Crippen LogP contribution in [0.25, 0.3) is 0 Å². The molecule has 0 amide bonds. The van der Waals surface area contributed by atoms with Gasteiger partial charge in [0.15, 0.2) is 0 Å². The van der Waals surface area contributed by atoms with Crippen LogP contribution in [0, 0.1) is 6.92 Å². The van der Waals surface area contributed by atoms with E-state index in [1.165, 1.54) is 0 Å². The first-order chi connectivity index (χ1) is 9.83. The van der Waals surface area contributed by atoms with Crippen molar-refractivity contribution in [2.24, 2.45) is 0 Å². The van der Waals surface area contributed by atoms with Crippen molar-refractivity contribution in [3.8, 4) is 0 Å². The van der Waals surface area contributed by atoms with E-state index >= 15 is 0 Å². The van der Waals surface area contributed by atoms with Crippen LogP contribution in [0.15, 0.2) is 17.8 Å². The zero-order valence-corrected chi connectivity index (χ0v) is 14.2. The van der Waals surface area contributed by atoms with Gasteiger partial charge in [0.25, 0.3) is 0 Å². The van der Waals surface area contributed by atoms with Gasteiger partial charge in [-0.1, -0.05) is 0 Å². The fourth-order valence-corrected chi connectivity index (χ4v) is 2.43. The Morgan fingerprint density at radius 2 is 1.95 bits per heavy atom. The molecule has 0 aliphatic carbocycles. The molecular formula is C15H23N5S. The van der Waals surface area contributed by atoms with Crippen LogP contribution in [0.1, 0.15) is 37.2 Å². The normalized spacial score (nSPS) is 11.7. The minimum Gasteiger partial charge on any atom is -0.352 e. The molecule has 2 rings (SSSR count). The summed E-state index contributed by atoms with van der Waals surface area (Å²) in [4.78, 5) is 15.5. The number of nitrogens with one attached hydrogen (secondary N) is 1. The molecule has 0 aromatic carbocycles. The van der Waals surface area contributed by atoms with Crippen LogP contribution in [0.2, 0.25) is 0 Å². The van der Waals surface area contributed by atoms with Gasteiger partial charge in [0.05, 0.1) is 29.1 Å². The topological polar surface area (TPSA) is 53.9 Å². The fourth-order valence-electron chi connectivity index (χ4n) is 1.82. The van der Waals surface area contributed by atoms with E-state index in [1.807, 2.05) is 20.2 Å². The van der Waals surface area contributed by atoms with Crippen molar-refractivity contribution in [1.82, 2.24) is 20.3 Å². The van der Waals surface area contributed by atoms with Gasteiger partial charge < -0.3 is 10.2 Å². The third-order valence-corrected chi connectivity index (χ3v) is 3.75. The summed E-state index contributed by atoms with van der Waals surface area (Å²) < 4.78 is 0. The number of hydrogen-bond donors (Lipinski definition) is 1. The maximum atomic E-state index is 4.66. The van der Waals surface area contributed by atoms with Gasteiger partial charge in [0, 0.05) is 30.7 Å². The molecule has 0 radical (unpaired) electrons. The molecule has 1 N–H and O–H groups in total. The molecule has 0 spiro atoms. The minimum absolute atomic E-state index is 0.0711. The number of thiazole rings is 1. The van der Waals surface area contributed by atoms with Crippen molar-refractivity contribution in [2.45, 2.75) is 46.3 Å². The molecule has 2 heterocycles. The highest BCUT2D eigenvalue weighted by Gasteiger charge is 2.11. The second-order valence-corrected chi connectivity index (χ2v) is 7.25. The van der Waals surface area contributed by atoms with Crippen LogP contribution in [-0.4, -0.2) is 27.5 Å². The highest BCUT2D eigenvalue weighted by atomic mass is 32.1. The van der Waals surface area contributed by atoms with Gasteiger partial charge >= 0.3 is 0 Å². The molecule has 0 saturated carbocycles. The number of hydrogen-bond acceptors (Lipinski definition) is 6. The lowest BCUT2D eigenvalue weighted by Crippen LogP contribution is -2.35. The molecule has 2 aromatic rings. The molecule has 0 atom stereocenters. The zero-order valence-electron chi connectivity index (χ0n) is 13.3. The first kappa shape index (κ1) is 15.9. The number of anilines is 1. The SMILES string of the molecule is Cc1nc(CN(C)c2cncc(CNC(C)(C)C)n2)cs1. The Bertz CT molecular complexity index is 588. The van der Waals surface area contributed by atoms with E-state index in [-0.39, 0.29) is 5.54 Å². The predicted molar refractivity (Wildman–Crippen MR) is 87.6 cm³/mol. The maximum absolute atomic E-state index is 4.66. The largest absolute Gasteiger partial charge is 0.352 e. The Morgan fingerprint density at radius 3 is 2.57 bits per heavy atom. The summed E-state index contributed by atoms with van der Waals surface area (Å²) in [6, 6.07) is 0. The average Bonchev–Trinajstić information content (AvgIpc) is 2.81. The smallest absolute Gasteiger partial charge is 0.147 e. The molecule has 0 saturated heterocycles. The Morgan fingerprint density at radius 1 is 1.19 bits per heavy atom. The van der Waals surface area contributed by atoms with Crippen molar-refractivity contribution in [3.63, 3.8) is 0 Å². The minimum atomic E-state index is 0.0711. The predicted octanol–water partition coefficient (Wildman–Crippen LogP) is 2.77. The van der Waals surface area contributed by atoms with E-state index in [0.717, 1.165) is 28.8 Å². The summed E-state index contributed by atoms with van der Waals surface area (Å²) in [5.41, 5.74) is 2.09. The summed E-state index contributed by atoms with van der Waals surface area (Å²) in [5, 5.41) is 6.60. The molecule has 114 valence electrons. The summed E-state index contributed by atoms with van der Waals surface area (Å²) >= 11 is 1.67. The first-order valence-corrected chi connectivity index (χ1v) is 7.89. The van der Waals surface area contributed by atoms with Crippen LogP contribution in [0.5, 0.6) is 0 Å². The Labute approximate surface area is 130 Å².